The maximum Gasteiger partial charge on any atom is 0.326 e. The molecule has 1 unspecified atom stereocenters. The summed E-state index contributed by atoms with van der Waals surface area (Å²) in [5, 5.41) is 14.9. The van der Waals surface area contributed by atoms with Crippen molar-refractivity contribution in [1.29, 1.82) is 0 Å². The third-order valence-electron chi connectivity index (χ3n) is 2.64. The zero-order valence-corrected chi connectivity index (χ0v) is 8.77. The highest BCUT2D eigenvalue weighted by Gasteiger charge is 2.37. The number of carboxylic acid groups (broad SMARTS) is 1. The molecule has 0 bridgehead atoms. The van der Waals surface area contributed by atoms with Gasteiger partial charge in [0.05, 0.1) is 6.20 Å². The van der Waals surface area contributed by atoms with Crippen molar-refractivity contribution >= 4 is 11.9 Å². The molecule has 1 saturated carbocycles. The highest BCUT2D eigenvalue weighted by molar-refractivity contribution is 5.97. The van der Waals surface area contributed by atoms with E-state index in [1.165, 1.54) is 6.20 Å². The molecule has 1 atom stereocenters. The number of amides is 1. The predicted molar refractivity (Wildman–Crippen MR) is 52.9 cm³/mol. The highest BCUT2D eigenvalue weighted by atomic mass is 16.5. The number of carbonyl (C=O) groups excluding carboxylic acids is 1. The molecule has 1 fully saturated rings. The van der Waals surface area contributed by atoms with Gasteiger partial charge in [0.1, 0.15) is 17.4 Å². The van der Waals surface area contributed by atoms with Crippen molar-refractivity contribution in [3.63, 3.8) is 0 Å². The maximum atomic E-state index is 11.7. The zero-order chi connectivity index (χ0) is 11.7. The third-order valence-corrected chi connectivity index (χ3v) is 2.64. The molecule has 16 heavy (non-hydrogen) atoms. The van der Waals surface area contributed by atoms with Crippen molar-refractivity contribution in [3.05, 3.63) is 17.5 Å². The Morgan fingerprint density at radius 1 is 1.62 bits per heavy atom. The van der Waals surface area contributed by atoms with Crippen LogP contribution in [-0.2, 0) is 4.79 Å². The molecule has 1 amide bonds. The number of carbonyl (C=O) groups is 2. The molecule has 1 aromatic heterocycles. The number of hydrogen-bond donors (Lipinski definition) is 2. The summed E-state index contributed by atoms with van der Waals surface area (Å²) >= 11 is 0. The Balaban J connectivity index is 2.06. The standard InChI is InChI=1S/C10H12N2O4/c1-5-7(4-11-16-5)9(13)12-8(10(14)15)6-2-3-6/h4,6,8H,2-3H2,1H3,(H,12,13)(H,14,15). The first-order valence-corrected chi connectivity index (χ1v) is 5.04. The second-order valence-electron chi connectivity index (χ2n) is 3.92. The van der Waals surface area contributed by atoms with Gasteiger partial charge in [0.15, 0.2) is 0 Å². The van der Waals surface area contributed by atoms with E-state index < -0.39 is 17.9 Å². The van der Waals surface area contributed by atoms with Gasteiger partial charge in [0, 0.05) is 0 Å². The molecule has 1 aliphatic carbocycles. The summed E-state index contributed by atoms with van der Waals surface area (Å²) in [6.07, 6.45) is 2.98. The number of aromatic nitrogens is 1. The van der Waals surface area contributed by atoms with Crippen molar-refractivity contribution in [2.45, 2.75) is 25.8 Å². The number of carboxylic acids is 1. The molecule has 2 rings (SSSR count). The molecule has 86 valence electrons. The van der Waals surface area contributed by atoms with Crippen LogP contribution < -0.4 is 5.32 Å². The number of aryl methyl sites for hydroxylation is 1. The number of aliphatic carboxylic acids is 1. The van der Waals surface area contributed by atoms with Crippen LogP contribution in [0.4, 0.5) is 0 Å². The van der Waals surface area contributed by atoms with E-state index in [2.05, 4.69) is 10.5 Å². The van der Waals surface area contributed by atoms with E-state index in [4.69, 9.17) is 9.63 Å². The van der Waals surface area contributed by atoms with E-state index in [0.717, 1.165) is 12.8 Å². The Morgan fingerprint density at radius 3 is 2.75 bits per heavy atom. The number of nitrogens with zero attached hydrogens (tertiary/aromatic N) is 1. The Bertz CT molecular complexity index is 422. The SMILES string of the molecule is Cc1oncc1C(=O)NC(C(=O)O)C1CC1. The largest absolute Gasteiger partial charge is 0.480 e. The molecule has 0 radical (unpaired) electrons. The quantitative estimate of drug-likeness (QED) is 0.780. The van der Waals surface area contributed by atoms with Crippen molar-refractivity contribution in [1.82, 2.24) is 10.5 Å². The average molecular weight is 224 g/mol. The van der Waals surface area contributed by atoms with Crippen LogP contribution in [0.2, 0.25) is 0 Å². The van der Waals surface area contributed by atoms with Crippen LogP contribution in [0.1, 0.15) is 29.0 Å². The fourth-order valence-corrected chi connectivity index (χ4v) is 1.55. The van der Waals surface area contributed by atoms with Crippen molar-refractivity contribution in [2.24, 2.45) is 5.92 Å². The van der Waals surface area contributed by atoms with Gasteiger partial charge in [-0.15, -0.1) is 0 Å². The van der Waals surface area contributed by atoms with E-state index in [0.29, 0.717) is 5.76 Å². The van der Waals surface area contributed by atoms with Gasteiger partial charge >= 0.3 is 5.97 Å². The molecule has 6 nitrogen and oxygen atoms in total. The number of nitrogens with one attached hydrogen (secondary N) is 1. The van der Waals surface area contributed by atoms with Crippen LogP contribution in [0, 0.1) is 12.8 Å². The van der Waals surface area contributed by atoms with Crippen LogP contribution in [0.15, 0.2) is 10.7 Å². The topological polar surface area (TPSA) is 92.4 Å². The molecule has 1 aromatic rings. The summed E-state index contributed by atoms with van der Waals surface area (Å²) in [5.41, 5.74) is 0.284. The number of hydrogen-bond acceptors (Lipinski definition) is 4. The van der Waals surface area contributed by atoms with Gasteiger partial charge in [-0.25, -0.2) is 4.79 Å². The predicted octanol–water partition coefficient (Wildman–Crippen LogP) is 0.576. The van der Waals surface area contributed by atoms with Gasteiger partial charge in [0.25, 0.3) is 5.91 Å². The number of rotatable bonds is 4. The zero-order valence-electron chi connectivity index (χ0n) is 8.77. The molecule has 0 spiro atoms. The van der Waals surface area contributed by atoms with Gasteiger partial charge in [-0.2, -0.15) is 0 Å². The van der Waals surface area contributed by atoms with Gasteiger partial charge in [-0.3, -0.25) is 4.79 Å². The fraction of sp³-hybridized carbons (Fsp3) is 0.500. The van der Waals surface area contributed by atoms with E-state index in [1.54, 1.807) is 6.92 Å². The van der Waals surface area contributed by atoms with Crippen molar-refractivity contribution < 1.29 is 19.2 Å². The molecule has 6 heteroatoms. The lowest BCUT2D eigenvalue weighted by Crippen LogP contribution is -2.42. The molecule has 2 N–H and O–H groups in total. The Labute approximate surface area is 91.6 Å². The smallest absolute Gasteiger partial charge is 0.326 e. The Hall–Kier alpha value is -1.85. The molecular weight excluding hydrogens is 212 g/mol. The van der Waals surface area contributed by atoms with Gasteiger partial charge < -0.3 is 14.9 Å². The second-order valence-corrected chi connectivity index (χ2v) is 3.92. The minimum absolute atomic E-state index is 0.0571. The summed E-state index contributed by atoms with van der Waals surface area (Å²) in [6, 6.07) is -0.804. The summed E-state index contributed by atoms with van der Waals surface area (Å²) in [5.74, 6) is -0.998. The first kappa shape index (κ1) is 10.7. The summed E-state index contributed by atoms with van der Waals surface area (Å²) in [4.78, 5) is 22.6. The molecule has 1 heterocycles. The fourth-order valence-electron chi connectivity index (χ4n) is 1.55. The summed E-state index contributed by atoms with van der Waals surface area (Å²) in [7, 11) is 0. The van der Waals surface area contributed by atoms with E-state index >= 15 is 0 Å². The van der Waals surface area contributed by atoms with E-state index in [9.17, 15) is 9.59 Å². The van der Waals surface area contributed by atoms with Crippen LogP contribution in [0.3, 0.4) is 0 Å². The average Bonchev–Trinajstić information content (AvgIpc) is 2.96. The second kappa shape index (κ2) is 3.96. The monoisotopic (exact) mass is 224 g/mol. The van der Waals surface area contributed by atoms with Crippen LogP contribution in [0.25, 0.3) is 0 Å². The first-order chi connectivity index (χ1) is 7.59. The summed E-state index contributed by atoms with van der Waals surface area (Å²) < 4.78 is 4.75. The first-order valence-electron chi connectivity index (χ1n) is 5.04. The van der Waals surface area contributed by atoms with Gasteiger partial charge in [-0.1, -0.05) is 5.16 Å². The lowest BCUT2D eigenvalue weighted by Gasteiger charge is -2.12. The molecule has 1 aliphatic rings. The normalized spacial score (nSPS) is 16.8. The Morgan fingerprint density at radius 2 is 2.31 bits per heavy atom. The van der Waals surface area contributed by atoms with Crippen molar-refractivity contribution in [3.8, 4) is 0 Å². The van der Waals surface area contributed by atoms with Gasteiger partial charge in [-0.05, 0) is 25.7 Å². The van der Waals surface area contributed by atoms with E-state index in [-0.39, 0.29) is 11.5 Å². The minimum Gasteiger partial charge on any atom is -0.480 e. The van der Waals surface area contributed by atoms with Crippen LogP contribution >= 0.6 is 0 Å². The van der Waals surface area contributed by atoms with Crippen LogP contribution in [0.5, 0.6) is 0 Å². The van der Waals surface area contributed by atoms with Gasteiger partial charge in [0.2, 0.25) is 0 Å². The van der Waals surface area contributed by atoms with Crippen molar-refractivity contribution in [2.75, 3.05) is 0 Å². The maximum absolute atomic E-state index is 11.7. The lowest BCUT2D eigenvalue weighted by molar-refractivity contribution is -0.139. The molecule has 0 saturated heterocycles. The Kier molecular flexibility index (Phi) is 2.64. The lowest BCUT2D eigenvalue weighted by atomic mass is 10.1. The van der Waals surface area contributed by atoms with E-state index in [1.807, 2.05) is 0 Å². The molecule has 0 aliphatic heterocycles. The molecule has 0 aromatic carbocycles. The minimum atomic E-state index is -0.995. The highest BCUT2D eigenvalue weighted by Crippen LogP contribution is 2.32. The molecular formula is C10H12N2O4. The van der Waals surface area contributed by atoms with Crippen LogP contribution in [-0.4, -0.2) is 28.2 Å². The summed E-state index contributed by atoms with van der Waals surface area (Å²) in [6.45, 7) is 1.61. The third kappa shape index (κ3) is 2.05.